The topological polar surface area (TPSA) is 113 Å². The van der Waals surface area contributed by atoms with Gasteiger partial charge in [0.2, 0.25) is 17.6 Å². The van der Waals surface area contributed by atoms with E-state index in [9.17, 15) is 24.3 Å². The third kappa shape index (κ3) is 4.32. The molecule has 9 nitrogen and oxygen atoms in total. The monoisotopic (exact) mass is 702 g/mol. The van der Waals surface area contributed by atoms with Gasteiger partial charge in [0.1, 0.15) is 0 Å². The molecule has 2 aliphatic heterocycles. The molecule has 0 radical (unpaired) electrons. The lowest BCUT2D eigenvalue weighted by molar-refractivity contribution is -0.141. The summed E-state index contributed by atoms with van der Waals surface area (Å²) in [5, 5.41) is 10.4. The van der Waals surface area contributed by atoms with Crippen LogP contribution in [0.1, 0.15) is 24.0 Å². The fraction of sp³-hybridized carbons (Fsp3) is 0.375. The van der Waals surface area contributed by atoms with Gasteiger partial charge in [-0.25, -0.2) is 0 Å². The van der Waals surface area contributed by atoms with E-state index >= 15 is 0 Å². The van der Waals surface area contributed by atoms with Gasteiger partial charge in [0, 0.05) is 5.92 Å². The van der Waals surface area contributed by atoms with Crippen molar-refractivity contribution in [1.29, 1.82) is 0 Å². The zero-order valence-electron chi connectivity index (χ0n) is 23.8. The number of amides is 4. The maximum atomic E-state index is 14.0. The molecule has 0 spiro atoms. The summed E-state index contributed by atoms with van der Waals surface area (Å²) in [7, 11) is 2.82. The van der Waals surface area contributed by atoms with E-state index in [1.165, 1.54) is 19.1 Å². The number of nitrogens with zero attached hydrogens (tertiary/aromatic N) is 2. The minimum Gasteiger partial charge on any atom is -0.502 e. The quantitative estimate of drug-likeness (QED) is 0.190. The van der Waals surface area contributed by atoms with Crippen LogP contribution in [0, 0.1) is 23.7 Å². The number of phenolic OH excluding ortho intramolecular Hbond substituents is 1. The number of phenols is 1. The summed E-state index contributed by atoms with van der Waals surface area (Å²) in [4.78, 5) is 53.6. The maximum absolute atomic E-state index is 14.0. The second-order valence-corrected chi connectivity index (χ2v) is 13.2. The maximum Gasteiger partial charge on any atom is 0.254 e. The number of methoxy groups -OCH3 is 2. The fourth-order valence-corrected chi connectivity index (χ4v) is 8.59. The Bertz CT molecular complexity index is 1610. The Balaban J connectivity index is 1.44. The van der Waals surface area contributed by atoms with Crippen LogP contribution in [0.5, 0.6) is 17.2 Å². The number of fused-ring (bicyclic) bond motifs is 4. The Kier molecular flexibility index (Phi) is 7.83. The summed E-state index contributed by atoms with van der Waals surface area (Å²) in [6.45, 7) is 0.141. The van der Waals surface area contributed by atoms with Gasteiger partial charge in [-0.15, -0.1) is 23.2 Å². The highest BCUT2D eigenvalue weighted by molar-refractivity contribution is 9.09. The van der Waals surface area contributed by atoms with Crippen LogP contribution in [0.25, 0.3) is 6.08 Å². The number of rotatable bonds is 7. The fourth-order valence-electron chi connectivity index (χ4n) is 7.21. The molecule has 12 heteroatoms. The molecule has 4 amide bonds. The zero-order chi connectivity index (χ0) is 31.6. The predicted octanol–water partition coefficient (Wildman–Crippen LogP) is 4.87. The van der Waals surface area contributed by atoms with Crippen LogP contribution >= 0.6 is 39.1 Å². The van der Waals surface area contributed by atoms with Crippen molar-refractivity contribution in [3.05, 3.63) is 71.3 Å². The molecule has 2 aliphatic carbocycles. The van der Waals surface area contributed by atoms with Crippen molar-refractivity contribution in [3.63, 3.8) is 0 Å². The number of hydrogen-bond donors (Lipinski definition) is 1. The van der Waals surface area contributed by atoms with E-state index < -0.39 is 45.2 Å². The van der Waals surface area contributed by atoms with E-state index in [2.05, 4.69) is 15.9 Å². The number of allylic oxidation sites excluding steroid dienone is 3. The van der Waals surface area contributed by atoms with E-state index in [-0.39, 0.29) is 53.9 Å². The molecule has 2 heterocycles. The smallest absolute Gasteiger partial charge is 0.254 e. The molecule has 230 valence electrons. The Morgan fingerprint density at radius 3 is 2.25 bits per heavy atom. The molecule has 1 N–H and O–H groups in total. The standard InChI is InChI=1S/C32H29BrCl2N2O7/c1-43-23-12-18(13-24(44-2)26(23)38)8-11-22-19-9-10-20-25(28(40)36(27(20)39)15-17-6-4-3-5-7-17)21(19)14-31(34)29(41)37(16-33)30(42)32(22,31)35/h3-9,11-13,20-22,25,38H,10,14-16H2,1-2H3. The summed E-state index contributed by atoms with van der Waals surface area (Å²) >= 11 is 17.7. The van der Waals surface area contributed by atoms with Gasteiger partial charge in [0.05, 0.1) is 38.1 Å². The summed E-state index contributed by atoms with van der Waals surface area (Å²) < 4.78 is 10.6. The number of likely N-dealkylation sites (tertiary alicyclic amines) is 2. The van der Waals surface area contributed by atoms with Crippen molar-refractivity contribution in [2.45, 2.75) is 29.1 Å². The molecule has 0 aromatic heterocycles. The third-order valence-electron chi connectivity index (χ3n) is 9.33. The number of imide groups is 2. The van der Waals surface area contributed by atoms with E-state index in [0.29, 0.717) is 11.1 Å². The van der Waals surface area contributed by atoms with Gasteiger partial charge >= 0.3 is 0 Å². The molecular formula is C32H29BrCl2N2O7. The lowest BCUT2D eigenvalue weighted by Gasteiger charge is -2.49. The van der Waals surface area contributed by atoms with Crippen LogP contribution in [0.15, 0.2) is 60.2 Å². The van der Waals surface area contributed by atoms with Gasteiger partial charge in [0.15, 0.2) is 21.2 Å². The number of benzene rings is 2. The molecule has 2 aromatic rings. The van der Waals surface area contributed by atoms with Crippen LogP contribution in [0.2, 0.25) is 0 Å². The number of ether oxygens (including phenoxy) is 2. The number of carbonyl (C=O) groups excluding carboxylic acids is 4. The predicted molar refractivity (Wildman–Crippen MR) is 166 cm³/mol. The number of hydrogen-bond acceptors (Lipinski definition) is 7. The van der Waals surface area contributed by atoms with Gasteiger partial charge in [-0.1, -0.05) is 70.1 Å². The summed E-state index contributed by atoms with van der Waals surface area (Å²) in [6, 6.07) is 12.4. The minimum absolute atomic E-state index is 0.0808. The van der Waals surface area contributed by atoms with Gasteiger partial charge in [0.25, 0.3) is 11.8 Å². The largest absolute Gasteiger partial charge is 0.502 e. The first-order valence-corrected chi connectivity index (χ1v) is 15.9. The summed E-state index contributed by atoms with van der Waals surface area (Å²) in [6.07, 6.45) is 5.46. The Morgan fingerprint density at radius 2 is 1.64 bits per heavy atom. The van der Waals surface area contributed by atoms with Gasteiger partial charge in [-0.05, 0) is 42.0 Å². The third-order valence-corrected chi connectivity index (χ3v) is 11.3. The van der Waals surface area contributed by atoms with E-state index in [1.807, 2.05) is 36.4 Å². The molecule has 6 atom stereocenters. The van der Waals surface area contributed by atoms with Crippen LogP contribution in [0.4, 0.5) is 0 Å². The minimum atomic E-state index is -1.90. The SMILES string of the molecule is COc1cc(C=CC2C3=CCC4C(=O)N(Cc5ccccc5)C(=O)C4C3CC3(Cl)C(=O)N(CBr)C(=O)C23Cl)cc(OC)c1O. The van der Waals surface area contributed by atoms with Crippen LogP contribution in [-0.2, 0) is 25.7 Å². The normalized spacial score (nSPS) is 31.2. The van der Waals surface area contributed by atoms with Crippen molar-refractivity contribution in [3.8, 4) is 17.2 Å². The highest BCUT2D eigenvalue weighted by Crippen LogP contribution is 2.63. The van der Waals surface area contributed by atoms with E-state index in [0.717, 1.165) is 10.5 Å². The lowest BCUT2D eigenvalue weighted by atomic mass is 9.57. The highest BCUT2D eigenvalue weighted by Gasteiger charge is 2.75. The van der Waals surface area contributed by atoms with Crippen LogP contribution in [0.3, 0.4) is 0 Å². The first-order valence-electron chi connectivity index (χ1n) is 14.0. The van der Waals surface area contributed by atoms with Crippen molar-refractivity contribution < 1.29 is 33.8 Å². The van der Waals surface area contributed by atoms with E-state index in [4.69, 9.17) is 32.7 Å². The average molecular weight is 704 g/mol. The molecular weight excluding hydrogens is 675 g/mol. The number of aromatic hydroxyl groups is 1. The van der Waals surface area contributed by atoms with Crippen molar-refractivity contribution in [1.82, 2.24) is 9.80 Å². The molecule has 2 aromatic carbocycles. The highest BCUT2D eigenvalue weighted by atomic mass is 79.9. The molecule has 44 heavy (non-hydrogen) atoms. The van der Waals surface area contributed by atoms with Crippen LogP contribution < -0.4 is 9.47 Å². The molecule has 3 fully saturated rings. The lowest BCUT2D eigenvalue weighted by Crippen LogP contribution is -2.60. The second-order valence-electron chi connectivity index (χ2n) is 11.4. The Labute approximate surface area is 272 Å². The average Bonchev–Trinajstić information content (AvgIpc) is 3.35. The molecule has 4 aliphatic rings. The molecule has 6 unspecified atom stereocenters. The Morgan fingerprint density at radius 1 is 0.977 bits per heavy atom. The summed E-state index contributed by atoms with van der Waals surface area (Å²) in [5.74, 6) is -4.61. The number of carbonyl (C=O) groups is 4. The van der Waals surface area contributed by atoms with Crippen molar-refractivity contribution >= 4 is 68.8 Å². The van der Waals surface area contributed by atoms with Gasteiger partial charge < -0.3 is 14.6 Å². The van der Waals surface area contributed by atoms with Gasteiger partial charge in [-0.2, -0.15) is 0 Å². The van der Waals surface area contributed by atoms with Crippen LogP contribution in [-0.4, -0.2) is 68.0 Å². The van der Waals surface area contributed by atoms with Crippen molar-refractivity contribution in [2.24, 2.45) is 23.7 Å². The second kappa shape index (κ2) is 11.2. The molecule has 1 saturated carbocycles. The number of alkyl halides is 3. The molecule has 0 bridgehead atoms. The van der Waals surface area contributed by atoms with E-state index in [1.54, 1.807) is 24.3 Å². The summed E-state index contributed by atoms with van der Waals surface area (Å²) in [5.41, 5.74) is 1.97. The first-order chi connectivity index (χ1) is 21.0. The number of halogens is 3. The van der Waals surface area contributed by atoms with Gasteiger partial charge in [-0.3, -0.25) is 29.0 Å². The van der Waals surface area contributed by atoms with Crippen molar-refractivity contribution in [2.75, 3.05) is 19.7 Å². The first kappa shape index (κ1) is 30.7. The molecule has 6 rings (SSSR count). The zero-order valence-corrected chi connectivity index (χ0v) is 26.9. The molecule has 2 saturated heterocycles. The Hall–Kier alpha value is -3.34.